The van der Waals surface area contributed by atoms with E-state index < -0.39 is 0 Å². The molecule has 2 heterocycles. The van der Waals surface area contributed by atoms with Gasteiger partial charge in [0.1, 0.15) is 0 Å². The van der Waals surface area contributed by atoms with Gasteiger partial charge in [0.05, 0.1) is 11.6 Å². The maximum absolute atomic E-state index is 12.3. The molecule has 122 valence electrons. The summed E-state index contributed by atoms with van der Waals surface area (Å²) in [6, 6.07) is 13.1. The lowest BCUT2D eigenvalue weighted by molar-refractivity contribution is 0.0943. The Hall–Kier alpha value is -2.71. The van der Waals surface area contributed by atoms with Crippen molar-refractivity contribution in [2.24, 2.45) is 5.92 Å². The van der Waals surface area contributed by atoms with Gasteiger partial charge in [-0.1, -0.05) is 6.07 Å². The highest BCUT2D eigenvalue weighted by molar-refractivity contribution is 5.94. The van der Waals surface area contributed by atoms with Crippen LogP contribution in [0.1, 0.15) is 33.9 Å². The summed E-state index contributed by atoms with van der Waals surface area (Å²) in [4.78, 5) is 18.8. The summed E-state index contributed by atoms with van der Waals surface area (Å²) in [5.41, 5.74) is 2.33. The highest BCUT2D eigenvalue weighted by Gasteiger charge is 2.33. The fourth-order valence-electron chi connectivity index (χ4n) is 3.34. The van der Waals surface area contributed by atoms with Gasteiger partial charge in [-0.2, -0.15) is 5.26 Å². The Morgan fingerprint density at radius 2 is 2.17 bits per heavy atom. The van der Waals surface area contributed by atoms with Crippen molar-refractivity contribution >= 4 is 5.91 Å². The number of hydrogen-bond acceptors (Lipinski definition) is 4. The zero-order chi connectivity index (χ0) is 16.9. The van der Waals surface area contributed by atoms with E-state index in [0.717, 1.165) is 13.0 Å². The molecule has 0 unspecified atom stereocenters. The van der Waals surface area contributed by atoms with Crippen LogP contribution in [0.3, 0.4) is 0 Å². The second-order valence-corrected chi connectivity index (χ2v) is 6.16. The van der Waals surface area contributed by atoms with Gasteiger partial charge < -0.3 is 5.32 Å². The van der Waals surface area contributed by atoms with E-state index in [4.69, 9.17) is 5.26 Å². The van der Waals surface area contributed by atoms with Crippen LogP contribution in [0.2, 0.25) is 0 Å². The Bertz CT molecular complexity index is 736. The average molecular weight is 320 g/mol. The van der Waals surface area contributed by atoms with Crippen LogP contribution in [-0.4, -0.2) is 35.9 Å². The monoisotopic (exact) mass is 320 g/mol. The van der Waals surface area contributed by atoms with Gasteiger partial charge >= 0.3 is 0 Å². The third-order valence-electron chi connectivity index (χ3n) is 4.60. The van der Waals surface area contributed by atoms with E-state index in [1.807, 2.05) is 12.3 Å². The van der Waals surface area contributed by atoms with E-state index in [-0.39, 0.29) is 11.9 Å². The minimum absolute atomic E-state index is 0.0982. The van der Waals surface area contributed by atoms with E-state index >= 15 is 0 Å². The number of aromatic nitrogens is 1. The number of nitrogens with one attached hydrogen (secondary N) is 1. The lowest BCUT2D eigenvalue weighted by Crippen LogP contribution is -2.32. The van der Waals surface area contributed by atoms with Crippen LogP contribution in [0.15, 0.2) is 48.8 Å². The quantitative estimate of drug-likeness (QED) is 0.939. The Labute approximate surface area is 141 Å². The van der Waals surface area contributed by atoms with Gasteiger partial charge in [-0.15, -0.1) is 0 Å². The summed E-state index contributed by atoms with van der Waals surface area (Å²) >= 11 is 0. The molecule has 3 rings (SSSR count). The van der Waals surface area contributed by atoms with E-state index in [1.165, 1.54) is 5.56 Å². The highest BCUT2D eigenvalue weighted by Crippen LogP contribution is 2.35. The summed E-state index contributed by atoms with van der Waals surface area (Å²) in [6.45, 7) is 1.64. The zero-order valence-corrected chi connectivity index (χ0v) is 13.6. The topological polar surface area (TPSA) is 69.0 Å². The minimum atomic E-state index is -0.0982. The maximum Gasteiger partial charge on any atom is 0.251 e. The smallest absolute Gasteiger partial charge is 0.251 e. The molecule has 1 aromatic heterocycles. The molecule has 1 aromatic carbocycles. The number of carbonyl (C=O) groups excluding carboxylic acids is 1. The lowest BCUT2D eigenvalue weighted by atomic mass is 9.94. The fourth-order valence-corrected chi connectivity index (χ4v) is 3.34. The number of amides is 1. The molecule has 0 radical (unpaired) electrons. The van der Waals surface area contributed by atoms with Gasteiger partial charge in [0.2, 0.25) is 0 Å². The summed E-state index contributed by atoms with van der Waals surface area (Å²) in [5, 5.41) is 11.8. The van der Waals surface area contributed by atoms with Crippen molar-refractivity contribution in [1.29, 1.82) is 5.26 Å². The first kappa shape index (κ1) is 16.2. The van der Waals surface area contributed by atoms with Crippen molar-refractivity contribution in [1.82, 2.24) is 15.2 Å². The second-order valence-electron chi connectivity index (χ2n) is 6.16. The average Bonchev–Trinajstić information content (AvgIpc) is 3.01. The number of likely N-dealkylation sites (tertiary alicyclic amines) is 1. The van der Waals surface area contributed by atoms with Crippen LogP contribution in [0.5, 0.6) is 0 Å². The molecule has 1 N–H and O–H groups in total. The molecule has 1 saturated heterocycles. The molecule has 5 nitrogen and oxygen atoms in total. The summed E-state index contributed by atoms with van der Waals surface area (Å²) < 4.78 is 0. The van der Waals surface area contributed by atoms with Crippen LogP contribution < -0.4 is 5.32 Å². The van der Waals surface area contributed by atoms with Gasteiger partial charge in [0.25, 0.3) is 5.91 Å². The number of benzene rings is 1. The van der Waals surface area contributed by atoms with Crippen LogP contribution >= 0.6 is 0 Å². The fraction of sp³-hybridized carbons (Fsp3) is 0.316. The molecule has 1 aliphatic rings. The number of pyridine rings is 1. The van der Waals surface area contributed by atoms with Crippen LogP contribution in [0.25, 0.3) is 0 Å². The number of rotatable bonds is 4. The van der Waals surface area contributed by atoms with E-state index in [1.54, 1.807) is 30.5 Å². The number of nitriles is 1. The van der Waals surface area contributed by atoms with Gasteiger partial charge in [-0.25, -0.2) is 0 Å². The van der Waals surface area contributed by atoms with Crippen LogP contribution in [0.4, 0.5) is 0 Å². The van der Waals surface area contributed by atoms with Gasteiger partial charge in [-0.05, 0) is 61.8 Å². The van der Waals surface area contributed by atoms with E-state index in [0.29, 0.717) is 23.6 Å². The Kier molecular flexibility index (Phi) is 4.88. The SMILES string of the molecule is CN1CC[C@@H](CNC(=O)c2ccc(C#N)cc2)[C@@H]1c1cccnc1. The molecule has 1 fully saturated rings. The molecule has 2 aromatic rings. The molecule has 5 heteroatoms. The molecule has 1 amide bonds. The number of hydrogen-bond donors (Lipinski definition) is 1. The molecular formula is C19H20N4O. The molecular weight excluding hydrogens is 300 g/mol. The molecule has 0 bridgehead atoms. The van der Waals surface area contributed by atoms with E-state index in [9.17, 15) is 4.79 Å². The van der Waals surface area contributed by atoms with Crippen molar-refractivity contribution < 1.29 is 4.79 Å². The normalized spacial score (nSPS) is 20.5. The van der Waals surface area contributed by atoms with Crippen molar-refractivity contribution in [3.8, 4) is 6.07 Å². The zero-order valence-electron chi connectivity index (χ0n) is 13.6. The second kappa shape index (κ2) is 7.24. The van der Waals surface area contributed by atoms with Crippen molar-refractivity contribution in [2.75, 3.05) is 20.1 Å². The largest absolute Gasteiger partial charge is 0.352 e. The van der Waals surface area contributed by atoms with Crippen molar-refractivity contribution in [3.63, 3.8) is 0 Å². The molecule has 0 spiro atoms. The lowest BCUT2D eigenvalue weighted by Gasteiger charge is -2.25. The number of nitrogens with zero attached hydrogens (tertiary/aromatic N) is 3. The highest BCUT2D eigenvalue weighted by atomic mass is 16.1. The first-order valence-electron chi connectivity index (χ1n) is 8.07. The molecule has 2 atom stereocenters. The maximum atomic E-state index is 12.3. The minimum Gasteiger partial charge on any atom is -0.352 e. The molecule has 0 aliphatic carbocycles. The third-order valence-corrected chi connectivity index (χ3v) is 4.60. The first-order valence-corrected chi connectivity index (χ1v) is 8.07. The summed E-state index contributed by atoms with van der Waals surface area (Å²) in [5.74, 6) is 0.264. The predicted molar refractivity (Wildman–Crippen MR) is 91.2 cm³/mol. The van der Waals surface area contributed by atoms with Gasteiger partial charge in [-0.3, -0.25) is 14.7 Å². The third kappa shape index (κ3) is 3.44. The first-order chi connectivity index (χ1) is 11.7. The standard InChI is InChI=1S/C19H20N4O/c1-23-10-8-17(18(23)16-3-2-9-21-12-16)13-22-19(24)15-6-4-14(11-20)5-7-15/h2-7,9,12,17-18H,8,10,13H2,1H3,(H,22,24)/t17-,18-/m0/s1. The molecule has 1 aliphatic heterocycles. The Morgan fingerprint density at radius 1 is 1.38 bits per heavy atom. The van der Waals surface area contributed by atoms with Crippen molar-refractivity contribution in [3.05, 3.63) is 65.5 Å². The molecule has 0 saturated carbocycles. The van der Waals surface area contributed by atoms with Gasteiger partial charge in [0.15, 0.2) is 0 Å². The molecule has 24 heavy (non-hydrogen) atoms. The Morgan fingerprint density at radius 3 is 2.83 bits per heavy atom. The predicted octanol–water partition coefficient (Wildman–Crippen LogP) is 2.38. The summed E-state index contributed by atoms with van der Waals surface area (Å²) in [7, 11) is 2.11. The van der Waals surface area contributed by atoms with Gasteiger partial charge in [0, 0.05) is 30.5 Å². The summed E-state index contributed by atoms with van der Waals surface area (Å²) in [6.07, 6.45) is 4.73. The van der Waals surface area contributed by atoms with E-state index in [2.05, 4.69) is 34.4 Å². The van der Waals surface area contributed by atoms with Crippen LogP contribution in [-0.2, 0) is 0 Å². The van der Waals surface area contributed by atoms with Crippen LogP contribution in [0, 0.1) is 17.2 Å². The van der Waals surface area contributed by atoms with Crippen molar-refractivity contribution in [2.45, 2.75) is 12.5 Å². The number of carbonyl (C=O) groups is 1. The Balaban J connectivity index is 1.64.